The summed E-state index contributed by atoms with van der Waals surface area (Å²) in [4.78, 5) is 22.0. The summed E-state index contributed by atoms with van der Waals surface area (Å²) in [6.45, 7) is 1.83. The van der Waals surface area contributed by atoms with E-state index in [0.29, 0.717) is 5.65 Å². The van der Waals surface area contributed by atoms with Crippen molar-refractivity contribution in [3.63, 3.8) is 0 Å². The predicted molar refractivity (Wildman–Crippen MR) is 83.9 cm³/mol. The van der Waals surface area contributed by atoms with Crippen LogP contribution in [-0.4, -0.2) is 37.8 Å². The highest BCUT2D eigenvalue weighted by Gasteiger charge is 2.11. The molecule has 0 unspecified atom stereocenters. The lowest BCUT2D eigenvalue weighted by Crippen LogP contribution is -2.09. The predicted octanol–water partition coefficient (Wildman–Crippen LogP) is 1.54. The molecule has 2 heterocycles. The van der Waals surface area contributed by atoms with Crippen molar-refractivity contribution in [1.29, 1.82) is 0 Å². The molecule has 3 rings (SSSR count). The van der Waals surface area contributed by atoms with E-state index in [1.807, 2.05) is 31.2 Å². The van der Waals surface area contributed by atoms with E-state index in [4.69, 9.17) is 17.1 Å². The normalized spacial score (nSPS) is 11.8. The van der Waals surface area contributed by atoms with Crippen molar-refractivity contribution in [3.05, 3.63) is 45.0 Å². The van der Waals surface area contributed by atoms with E-state index in [-0.39, 0.29) is 15.8 Å². The number of hydrogen-bond donors (Lipinski definition) is 2. The number of fused-ring (bicyclic) bond motifs is 1. The lowest BCUT2D eigenvalue weighted by atomic mass is 10.1. The van der Waals surface area contributed by atoms with Gasteiger partial charge >= 0.3 is 0 Å². The smallest absolute Gasteiger partial charge is 0.281 e. The molecular weight excluding hydrogens is 304 g/mol. The Hall–Kier alpha value is -2.81. The molecule has 2 N–H and O–H groups in total. The highest BCUT2D eigenvalue weighted by Crippen LogP contribution is 2.14. The molecule has 9 heteroatoms. The molecule has 0 saturated heterocycles. The summed E-state index contributed by atoms with van der Waals surface area (Å²) in [6.07, 6.45) is 0. The lowest BCUT2D eigenvalue weighted by Gasteiger charge is -2.05. The van der Waals surface area contributed by atoms with Gasteiger partial charge in [-0.1, -0.05) is 22.5 Å². The van der Waals surface area contributed by atoms with Gasteiger partial charge in [0.1, 0.15) is 7.11 Å². The molecule has 0 atom stereocenters. The number of aromatic amines is 2. The Morgan fingerprint density at radius 2 is 2.23 bits per heavy atom. The first-order valence-electron chi connectivity index (χ1n) is 6.36. The zero-order valence-corrected chi connectivity index (χ0v) is 12.6. The number of aromatic nitrogens is 5. The first-order valence-corrected chi connectivity index (χ1v) is 6.77. The maximum atomic E-state index is 11.8. The van der Waals surface area contributed by atoms with Crippen LogP contribution in [0.3, 0.4) is 0 Å². The van der Waals surface area contributed by atoms with E-state index >= 15 is 0 Å². The Labute approximate surface area is 129 Å². The molecule has 1 aromatic carbocycles. The van der Waals surface area contributed by atoms with Crippen molar-refractivity contribution in [2.75, 3.05) is 7.11 Å². The van der Waals surface area contributed by atoms with E-state index in [0.717, 1.165) is 17.0 Å². The molecular formula is C13H12N6O2S. The van der Waals surface area contributed by atoms with E-state index in [9.17, 15) is 4.79 Å². The molecule has 3 aromatic rings. The van der Waals surface area contributed by atoms with Crippen LogP contribution in [0.1, 0.15) is 12.5 Å². The van der Waals surface area contributed by atoms with Gasteiger partial charge in [0.05, 0.1) is 11.4 Å². The van der Waals surface area contributed by atoms with Crippen molar-refractivity contribution in [1.82, 2.24) is 25.0 Å². The van der Waals surface area contributed by atoms with E-state index in [1.54, 1.807) is 0 Å². The summed E-state index contributed by atoms with van der Waals surface area (Å²) in [5.74, 6) is 0. The van der Waals surface area contributed by atoms with Crippen molar-refractivity contribution in [2.45, 2.75) is 6.92 Å². The molecule has 8 nitrogen and oxygen atoms in total. The summed E-state index contributed by atoms with van der Waals surface area (Å²) in [5.41, 5.74) is 2.57. The minimum absolute atomic E-state index is 0.196. The quantitative estimate of drug-likeness (QED) is 0.433. The van der Waals surface area contributed by atoms with Gasteiger partial charge in [-0.15, -0.1) is 5.10 Å². The molecule has 0 aliphatic rings. The molecule has 22 heavy (non-hydrogen) atoms. The molecule has 0 aliphatic carbocycles. The Kier molecular flexibility index (Phi) is 3.55. The van der Waals surface area contributed by atoms with Gasteiger partial charge in [-0.2, -0.15) is 4.68 Å². The monoisotopic (exact) mass is 316 g/mol. The van der Waals surface area contributed by atoms with Crippen molar-refractivity contribution in [3.8, 4) is 5.69 Å². The fourth-order valence-electron chi connectivity index (χ4n) is 2.08. The number of H-pyrrole nitrogens is 2. The number of nitrogens with zero attached hydrogens (tertiary/aromatic N) is 4. The Bertz CT molecular complexity index is 984. The fourth-order valence-corrected chi connectivity index (χ4v) is 2.27. The highest BCUT2D eigenvalue weighted by atomic mass is 32.1. The zero-order chi connectivity index (χ0) is 15.7. The molecule has 0 bridgehead atoms. The summed E-state index contributed by atoms with van der Waals surface area (Å²) in [7, 11) is 1.49. The first-order chi connectivity index (χ1) is 10.6. The molecule has 0 saturated carbocycles. The summed E-state index contributed by atoms with van der Waals surface area (Å²) >= 11 is 4.99. The summed E-state index contributed by atoms with van der Waals surface area (Å²) in [6, 6.07) is 7.46. The van der Waals surface area contributed by atoms with Gasteiger partial charge in [0.25, 0.3) is 5.56 Å². The Balaban J connectivity index is 2.20. The topological polar surface area (TPSA) is 101 Å². The summed E-state index contributed by atoms with van der Waals surface area (Å²) < 4.78 is 1.73. The van der Waals surface area contributed by atoms with Crippen LogP contribution in [0.2, 0.25) is 0 Å². The maximum absolute atomic E-state index is 11.8. The van der Waals surface area contributed by atoms with Crippen molar-refractivity contribution >= 4 is 29.1 Å². The van der Waals surface area contributed by atoms with Gasteiger partial charge in [-0.25, -0.2) is 0 Å². The molecule has 0 radical (unpaired) electrons. The Morgan fingerprint density at radius 1 is 1.41 bits per heavy atom. The highest BCUT2D eigenvalue weighted by molar-refractivity contribution is 7.71. The van der Waals surface area contributed by atoms with Gasteiger partial charge in [0.2, 0.25) is 0 Å². The number of nitrogens with one attached hydrogen (secondary N) is 2. The molecule has 112 valence electrons. The second-order valence-corrected chi connectivity index (χ2v) is 4.92. The largest absolute Gasteiger partial charge is 0.399 e. The molecule has 0 aliphatic heterocycles. The SMILES string of the molecule is CON=C(C)c1cccc(-n2nnc3c(=O)[nH]c(=S)[nH]c32)c1. The van der Waals surface area contributed by atoms with E-state index < -0.39 is 0 Å². The molecule has 0 fully saturated rings. The van der Waals surface area contributed by atoms with Crippen LogP contribution in [0.15, 0.2) is 34.2 Å². The third-order valence-corrected chi connectivity index (χ3v) is 3.29. The van der Waals surface area contributed by atoms with Gasteiger partial charge in [-0.3, -0.25) is 9.78 Å². The van der Waals surface area contributed by atoms with Crippen molar-refractivity contribution in [2.24, 2.45) is 5.16 Å². The van der Waals surface area contributed by atoms with Gasteiger partial charge in [0.15, 0.2) is 15.9 Å². The maximum Gasteiger partial charge on any atom is 0.281 e. The molecule has 0 spiro atoms. The number of benzene rings is 1. The zero-order valence-electron chi connectivity index (χ0n) is 11.8. The third-order valence-electron chi connectivity index (χ3n) is 3.08. The van der Waals surface area contributed by atoms with Crippen LogP contribution in [0.4, 0.5) is 0 Å². The number of rotatable bonds is 3. The second kappa shape index (κ2) is 5.53. The first kappa shape index (κ1) is 14.1. The van der Waals surface area contributed by atoms with Crippen LogP contribution in [-0.2, 0) is 4.84 Å². The second-order valence-electron chi connectivity index (χ2n) is 4.52. The average molecular weight is 316 g/mol. The van der Waals surface area contributed by atoms with Crippen LogP contribution < -0.4 is 5.56 Å². The summed E-state index contributed by atoms with van der Waals surface area (Å²) in [5, 5.41) is 11.8. The van der Waals surface area contributed by atoms with Crippen LogP contribution in [0, 0.1) is 4.77 Å². The van der Waals surface area contributed by atoms with Crippen LogP contribution >= 0.6 is 12.2 Å². The van der Waals surface area contributed by atoms with Gasteiger partial charge < -0.3 is 9.82 Å². The lowest BCUT2D eigenvalue weighted by molar-refractivity contribution is 0.213. The van der Waals surface area contributed by atoms with E-state index in [1.165, 1.54) is 11.8 Å². The fraction of sp³-hybridized carbons (Fsp3) is 0.154. The average Bonchev–Trinajstić information content (AvgIpc) is 2.91. The van der Waals surface area contributed by atoms with Crippen LogP contribution in [0.5, 0.6) is 0 Å². The van der Waals surface area contributed by atoms with E-state index in [2.05, 4.69) is 25.4 Å². The number of hydrogen-bond acceptors (Lipinski definition) is 6. The van der Waals surface area contributed by atoms with Crippen LogP contribution in [0.25, 0.3) is 16.9 Å². The molecule has 0 amide bonds. The Morgan fingerprint density at radius 3 is 3.00 bits per heavy atom. The van der Waals surface area contributed by atoms with Gasteiger partial charge in [0, 0.05) is 5.56 Å². The third kappa shape index (κ3) is 2.42. The minimum atomic E-state index is -0.377. The minimum Gasteiger partial charge on any atom is -0.399 e. The number of oxime groups is 1. The molecule has 2 aromatic heterocycles. The van der Waals surface area contributed by atoms with Gasteiger partial charge in [-0.05, 0) is 31.3 Å². The standard InChI is InChI=1S/C13H12N6O2S/c1-7(17-21-2)8-4-3-5-9(6-8)19-11-10(16-18-19)12(20)15-13(22)14-11/h3-6H,1-2H3,(H2,14,15,20,22). The van der Waals surface area contributed by atoms with Crippen molar-refractivity contribution < 1.29 is 4.84 Å².